The molecule has 110 valence electrons. The predicted molar refractivity (Wildman–Crippen MR) is 66.6 cm³/mol. The van der Waals surface area contributed by atoms with E-state index < -0.39 is 40.2 Å². The Hall–Kier alpha value is -2.02. The second kappa shape index (κ2) is 5.96. The second-order valence-corrected chi connectivity index (χ2v) is 4.65. The lowest BCUT2D eigenvalue weighted by molar-refractivity contribution is 0.0517. The van der Waals surface area contributed by atoms with Gasteiger partial charge in [0.05, 0.1) is 16.7 Å². The molecule has 1 amide bonds. The number of carbonyl (C=O) groups is 2. The molecule has 1 aromatic rings. The smallest absolute Gasteiger partial charge is 0.336 e. The van der Waals surface area contributed by atoms with Crippen LogP contribution in [0.4, 0.5) is 8.78 Å². The summed E-state index contributed by atoms with van der Waals surface area (Å²) in [7, 11) is 0. The fourth-order valence-corrected chi connectivity index (χ4v) is 1.40. The molecule has 20 heavy (non-hydrogen) atoms. The number of hydrogen-bond donors (Lipinski definition) is 3. The van der Waals surface area contributed by atoms with Crippen LogP contribution in [-0.4, -0.2) is 34.2 Å². The lowest BCUT2D eigenvalue weighted by Gasteiger charge is -2.21. The first kappa shape index (κ1) is 16.0. The number of carbonyl (C=O) groups excluding carboxylic acids is 1. The summed E-state index contributed by atoms with van der Waals surface area (Å²) in [6.45, 7) is 3.05. The van der Waals surface area contributed by atoms with Crippen molar-refractivity contribution in [2.75, 3.05) is 6.54 Å². The zero-order valence-electron chi connectivity index (χ0n) is 11.0. The number of rotatable bonds is 5. The molecule has 0 aromatic heterocycles. The summed E-state index contributed by atoms with van der Waals surface area (Å²) in [4.78, 5) is 22.7. The Bertz CT molecular complexity index is 543. The van der Waals surface area contributed by atoms with Gasteiger partial charge in [0.2, 0.25) is 0 Å². The van der Waals surface area contributed by atoms with Gasteiger partial charge in [0.15, 0.2) is 11.6 Å². The number of carboxylic acids is 1. The van der Waals surface area contributed by atoms with Gasteiger partial charge in [0.25, 0.3) is 5.91 Å². The molecule has 0 saturated carbocycles. The van der Waals surface area contributed by atoms with Crippen LogP contribution in [0.15, 0.2) is 12.1 Å². The van der Waals surface area contributed by atoms with Crippen LogP contribution in [0.5, 0.6) is 0 Å². The van der Waals surface area contributed by atoms with Gasteiger partial charge in [-0.25, -0.2) is 13.6 Å². The van der Waals surface area contributed by atoms with Crippen LogP contribution in [0.2, 0.25) is 0 Å². The van der Waals surface area contributed by atoms with Gasteiger partial charge < -0.3 is 15.5 Å². The predicted octanol–water partition coefficient (Wildman–Crippen LogP) is 1.55. The maximum absolute atomic E-state index is 13.1. The molecule has 1 unspecified atom stereocenters. The van der Waals surface area contributed by atoms with Crippen molar-refractivity contribution in [2.24, 2.45) is 0 Å². The third-order valence-electron chi connectivity index (χ3n) is 2.93. The van der Waals surface area contributed by atoms with Crippen molar-refractivity contribution in [3.8, 4) is 0 Å². The monoisotopic (exact) mass is 287 g/mol. The van der Waals surface area contributed by atoms with Crippen LogP contribution >= 0.6 is 0 Å². The molecule has 0 aliphatic rings. The van der Waals surface area contributed by atoms with Crippen LogP contribution in [0.25, 0.3) is 0 Å². The summed E-state index contributed by atoms with van der Waals surface area (Å²) in [6, 6.07) is 0.972. The summed E-state index contributed by atoms with van der Waals surface area (Å²) in [6.07, 6.45) is 0.358. The fourth-order valence-electron chi connectivity index (χ4n) is 1.40. The lowest BCUT2D eigenvalue weighted by atomic mass is 10.0. The summed E-state index contributed by atoms with van der Waals surface area (Å²) in [5.41, 5.74) is -2.31. The molecule has 0 aliphatic carbocycles. The van der Waals surface area contributed by atoms with Crippen LogP contribution in [-0.2, 0) is 0 Å². The number of hydrogen-bond acceptors (Lipinski definition) is 3. The summed E-state index contributed by atoms with van der Waals surface area (Å²) in [5, 5.41) is 20.9. The summed E-state index contributed by atoms with van der Waals surface area (Å²) < 4.78 is 26.1. The molecule has 1 rings (SSSR count). The Morgan fingerprint density at radius 2 is 1.75 bits per heavy atom. The van der Waals surface area contributed by atoms with E-state index >= 15 is 0 Å². The van der Waals surface area contributed by atoms with E-state index in [1.54, 1.807) is 6.92 Å². The number of halogens is 2. The van der Waals surface area contributed by atoms with Gasteiger partial charge in [-0.2, -0.15) is 0 Å². The van der Waals surface area contributed by atoms with E-state index in [1.165, 1.54) is 6.92 Å². The molecule has 0 heterocycles. The molecule has 3 N–H and O–H groups in total. The molecule has 0 bridgehead atoms. The molecule has 5 nitrogen and oxygen atoms in total. The highest BCUT2D eigenvalue weighted by Gasteiger charge is 2.23. The molecular formula is C13H15F2NO4. The number of nitrogens with one attached hydrogen (secondary N) is 1. The number of aliphatic hydroxyl groups is 1. The van der Waals surface area contributed by atoms with Crippen molar-refractivity contribution in [1.82, 2.24) is 5.32 Å². The van der Waals surface area contributed by atoms with E-state index in [2.05, 4.69) is 5.32 Å². The van der Waals surface area contributed by atoms with Gasteiger partial charge >= 0.3 is 5.97 Å². The molecule has 0 spiro atoms. The van der Waals surface area contributed by atoms with E-state index in [-0.39, 0.29) is 6.54 Å². The van der Waals surface area contributed by atoms with E-state index in [0.717, 1.165) is 0 Å². The van der Waals surface area contributed by atoms with Crippen LogP contribution in [0.3, 0.4) is 0 Å². The van der Waals surface area contributed by atoms with Crippen molar-refractivity contribution in [3.05, 3.63) is 34.9 Å². The Kier molecular flexibility index (Phi) is 4.78. The number of aromatic carboxylic acids is 1. The van der Waals surface area contributed by atoms with Crippen molar-refractivity contribution in [1.29, 1.82) is 0 Å². The van der Waals surface area contributed by atoms with E-state index in [0.29, 0.717) is 18.6 Å². The van der Waals surface area contributed by atoms with Crippen molar-refractivity contribution in [3.63, 3.8) is 0 Å². The molecule has 1 atom stereocenters. The molecule has 7 heteroatoms. The minimum atomic E-state index is -1.55. The number of benzene rings is 1. The summed E-state index contributed by atoms with van der Waals surface area (Å²) >= 11 is 0. The maximum Gasteiger partial charge on any atom is 0.336 e. The minimum absolute atomic E-state index is 0.139. The molecule has 0 fully saturated rings. The van der Waals surface area contributed by atoms with E-state index in [4.69, 9.17) is 5.11 Å². The molecular weight excluding hydrogens is 272 g/mol. The highest BCUT2D eigenvalue weighted by Crippen LogP contribution is 2.16. The number of amides is 1. The van der Waals surface area contributed by atoms with Gasteiger partial charge in [0, 0.05) is 6.54 Å². The third kappa shape index (κ3) is 3.74. The van der Waals surface area contributed by atoms with Gasteiger partial charge in [-0.15, -0.1) is 0 Å². The first-order valence-electron chi connectivity index (χ1n) is 5.91. The van der Waals surface area contributed by atoms with Crippen molar-refractivity contribution < 1.29 is 28.6 Å². The fraction of sp³-hybridized carbons (Fsp3) is 0.385. The molecule has 1 aromatic carbocycles. The minimum Gasteiger partial charge on any atom is -0.478 e. The van der Waals surface area contributed by atoms with Gasteiger partial charge in [-0.1, -0.05) is 6.92 Å². The summed E-state index contributed by atoms with van der Waals surface area (Å²) in [5.74, 6) is -5.10. The highest BCUT2D eigenvalue weighted by atomic mass is 19.2. The number of carboxylic acid groups (broad SMARTS) is 1. The average Bonchev–Trinajstić information content (AvgIpc) is 2.38. The molecule has 0 radical (unpaired) electrons. The Morgan fingerprint density at radius 1 is 1.25 bits per heavy atom. The van der Waals surface area contributed by atoms with Crippen molar-refractivity contribution in [2.45, 2.75) is 25.9 Å². The van der Waals surface area contributed by atoms with Gasteiger partial charge in [-0.05, 0) is 25.5 Å². The van der Waals surface area contributed by atoms with Gasteiger partial charge in [-0.3, -0.25) is 4.79 Å². The van der Waals surface area contributed by atoms with Crippen LogP contribution in [0, 0.1) is 11.6 Å². The SMILES string of the molecule is CCC(C)(O)CNC(=O)c1cc(F)c(F)cc1C(=O)O. The lowest BCUT2D eigenvalue weighted by Crippen LogP contribution is -2.40. The zero-order valence-corrected chi connectivity index (χ0v) is 11.0. The molecule has 0 aliphatic heterocycles. The maximum atomic E-state index is 13.1. The normalized spacial score (nSPS) is 13.7. The Morgan fingerprint density at radius 3 is 2.20 bits per heavy atom. The third-order valence-corrected chi connectivity index (χ3v) is 2.93. The van der Waals surface area contributed by atoms with Crippen LogP contribution in [0.1, 0.15) is 41.0 Å². The van der Waals surface area contributed by atoms with E-state index in [9.17, 15) is 23.5 Å². The highest BCUT2D eigenvalue weighted by molar-refractivity contribution is 6.04. The topological polar surface area (TPSA) is 86.6 Å². The van der Waals surface area contributed by atoms with Gasteiger partial charge in [0.1, 0.15) is 0 Å². The standard InChI is InChI=1S/C13H15F2NO4/c1-3-13(2,20)6-16-11(17)7-4-9(14)10(15)5-8(7)12(18)19/h4-5,20H,3,6H2,1-2H3,(H,16,17)(H,18,19). The van der Waals surface area contributed by atoms with E-state index in [1.807, 2.05) is 0 Å². The Labute approximate surface area is 114 Å². The quantitative estimate of drug-likeness (QED) is 0.767. The Balaban J connectivity index is 3.04. The first-order valence-corrected chi connectivity index (χ1v) is 5.91. The molecule has 0 saturated heterocycles. The average molecular weight is 287 g/mol. The second-order valence-electron chi connectivity index (χ2n) is 4.65. The van der Waals surface area contributed by atoms with Crippen molar-refractivity contribution >= 4 is 11.9 Å². The van der Waals surface area contributed by atoms with Crippen LogP contribution < -0.4 is 5.32 Å². The first-order chi connectivity index (χ1) is 9.18. The zero-order chi connectivity index (χ0) is 15.5. The largest absolute Gasteiger partial charge is 0.478 e.